The number of ether oxygens (including phenoxy) is 2. The van der Waals surface area contributed by atoms with Crippen molar-refractivity contribution in [2.45, 2.75) is 24.7 Å². The number of nitrogens with one attached hydrogen (secondary N) is 2. The summed E-state index contributed by atoms with van der Waals surface area (Å²) in [6, 6.07) is 9.69. The maximum absolute atomic E-state index is 13.4. The maximum atomic E-state index is 13.4. The van der Waals surface area contributed by atoms with Crippen LogP contribution in [-0.4, -0.2) is 34.4 Å². The Kier molecular flexibility index (Phi) is 7.14. The molecule has 2 amide bonds. The summed E-state index contributed by atoms with van der Waals surface area (Å²) in [5.74, 6) is -1.20. The molecule has 1 aliphatic carbocycles. The minimum Gasteiger partial charge on any atom is -0.497 e. The number of aromatic nitrogens is 2. The van der Waals surface area contributed by atoms with Gasteiger partial charge in [0.1, 0.15) is 34.7 Å². The van der Waals surface area contributed by atoms with Gasteiger partial charge in [0.15, 0.2) is 0 Å². The third-order valence-electron chi connectivity index (χ3n) is 5.96. The monoisotopic (exact) mass is 512 g/mol. The van der Waals surface area contributed by atoms with Crippen molar-refractivity contribution in [3.8, 4) is 17.2 Å². The first-order valence-corrected chi connectivity index (χ1v) is 11.2. The van der Waals surface area contributed by atoms with E-state index in [1.54, 1.807) is 18.2 Å². The number of nitrogens with zero attached hydrogens (tertiary/aromatic N) is 2. The fraction of sp³-hybridized carbons (Fsp3) is 0.231. The predicted molar refractivity (Wildman–Crippen MR) is 127 cm³/mol. The topological polar surface area (TPSA) is 102 Å². The van der Waals surface area contributed by atoms with E-state index >= 15 is 0 Å². The molecule has 1 heterocycles. The number of carbonyl (C=O) groups excluding carboxylic acids is 2. The van der Waals surface area contributed by atoms with E-state index in [1.165, 1.54) is 50.1 Å². The first-order valence-electron chi connectivity index (χ1n) is 11.2. The first kappa shape index (κ1) is 25.7. The van der Waals surface area contributed by atoms with E-state index in [4.69, 9.17) is 9.47 Å². The summed E-state index contributed by atoms with van der Waals surface area (Å²) in [6.45, 7) is 3.86. The molecule has 37 heavy (non-hydrogen) atoms. The molecule has 8 nitrogen and oxygen atoms in total. The third kappa shape index (κ3) is 5.71. The molecular formula is C26H23F3N4O4. The molecule has 1 saturated carbocycles. The molecule has 1 fully saturated rings. The molecule has 192 valence electrons. The van der Waals surface area contributed by atoms with Gasteiger partial charge in [0.05, 0.1) is 12.7 Å². The lowest BCUT2D eigenvalue weighted by Crippen LogP contribution is -2.50. The molecule has 3 aromatic rings. The van der Waals surface area contributed by atoms with Crippen molar-refractivity contribution >= 4 is 11.8 Å². The Labute approximate surface area is 210 Å². The van der Waals surface area contributed by atoms with Crippen LogP contribution in [0, 0.1) is 5.92 Å². The number of alkyl halides is 3. The number of hydrogen-bond acceptors (Lipinski definition) is 6. The average molecular weight is 512 g/mol. The van der Waals surface area contributed by atoms with Crippen LogP contribution in [-0.2, 0) is 17.5 Å². The Morgan fingerprint density at radius 3 is 2.41 bits per heavy atom. The van der Waals surface area contributed by atoms with Crippen LogP contribution in [0.2, 0.25) is 0 Å². The third-order valence-corrected chi connectivity index (χ3v) is 5.96. The number of halogens is 3. The lowest BCUT2D eigenvalue weighted by atomic mass is 10.1. The molecule has 11 heteroatoms. The minimum atomic E-state index is -4.63. The van der Waals surface area contributed by atoms with E-state index in [2.05, 4.69) is 27.2 Å². The SMILES string of the molecule is C=CC1CC1(NC(=O)c1cncnc1)C(=O)NCc1ccc(Oc2ccc(OC)cc2C(F)(F)F)cc1. The van der Waals surface area contributed by atoms with Gasteiger partial charge in [0, 0.05) is 24.9 Å². The quantitative estimate of drug-likeness (QED) is 0.415. The second-order valence-corrected chi connectivity index (χ2v) is 8.39. The molecule has 0 saturated heterocycles. The molecule has 1 aliphatic rings. The Bertz CT molecular complexity index is 1300. The number of amides is 2. The van der Waals surface area contributed by atoms with Crippen LogP contribution in [0.3, 0.4) is 0 Å². The highest BCUT2D eigenvalue weighted by molar-refractivity contribution is 6.00. The highest BCUT2D eigenvalue weighted by Crippen LogP contribution is 2.45. The van der Waals surface area contributed by atoms with Gasteiger partial charge >= 0.3 is 6.18 Å². The Balaban J connectivity index is 1.40. The highest BCUT2D eigenvalue weighted by Gasteiger charge is 2.59. The average Bonchev–Trinajstić information content (AvgIpc) is 3.62. The molecule has 0 radical (unpaired) electrons. The zero-order valence-corrected chi connectivity index (χ0v) is 19.7. The predicted octanol–water partition coefficient (Wildman–Crippen LogP) is 4.29. The number of rotatable bonds is 9. The van der Waals surface area contributed by atoms with Crippen LogP contribution >= 0.6 is 0 Å². The highest BCUT2D eigenvalue weighted by atomic mass is 19.4. The largest absolute Gasteiger partial charge is 0.497 e. The Hall–Kier alpha value is -4.41. The Morgan fingerprint density at radius 1 is 1.14 bits per heavy atom. The van der Waals surface area contributed by atoms with Crippen molar-refractivity contribution in [3.05, 3.63) is 90.5 Å². The zero-order valence-electron chi connectivity index (χ0n) is 19.7. The lowest BCUT2D eigenvalue weighted by Gasteiger charge is -2.19. The number of methoxy groups -OCH3 is 1. The van der Waals surface area contributed by atoms with Crippen LogP contribution in [0.4, 0.5) is 13.2 Å². The summed E-state index contributed by atoms with van der Waals surface area (Å²) in [5, 5.41) is 5.56. The molecule has 0 spiro atoms. The van der Waals surface area contributed by atoms with Crippen LogP contribution in [0.15, 0.2) is 73.8 Å². The minimum absolute atomic E-state index is 0.0613. The van der Waals surface area contributed by atoms with Crippen molar-refractivity contribution in [3.63, 3.8) is 0 Å². The van der Waals surface area contributed by atoms with E-state index in [9.17, 15) is 22.8 Å². The van der Waals surface area contributed by atoms with E-state index in [0.717, 1.165) is 6.07 Å². The molecule has 4 rings (SSSR count). The summed E-state index contributed by atoms with van der Waals surface area (Å²) in [6.07, 6.45) is 1.39. The van der Waals surface area contributed by atoms with Gasteiger partial charge in [-0.15, -0.1) is 6.58 Å². The summed E-state index contributed by atoms with van der Waals surface area (Å²) in [4.78, 5) is 33.2. The van der Waals surface area contributed by atoms with Gasteiger partial charge in [-0.05, 0) is 42.3 Å². The second-order valence-electron chi connectivity index (χ2n) is 8.39. The molecule has 0 bridgehead atoms. The molecule has 2 atom stereocenters. The number of carbonyl (C=O) groups is 2. The molecular weight excluding hydrogens is 489 g/mol. The van der Waals surface area contributed by atoms with Crippen LogP contribution in [0.5, 0.6) is 17.2 Å². The standard InChI is InChI=1S/C26H23F3N4O4/c1-3-18-11-25(18,33-23(34)17-13-30-15-31-14-17)24(35)32-12-16-4-6-19(7-5-16)37-22-9-8-20(36-2)10-21(22)26(27,28)29/h3-10,13-15,18H,1,11-12H2,2H3,(H,32,35)(H,33,34). The lowest BCUT2D eigenvalue weighted by molar-refractivity contribution is -0.138. The zero-order chi connectivity index (χ0) is 26.6. The van der Waals surface area contributed by atoms with Crippen LogP contribution < -0.4 is 20.1 Å². The van der Waals surface area contributed by atoms with Gasteiger partial charge in [-0.25, -0.2) is 9.97 Å². The van der Waals surface area contributed by atoms with Gasteiger partial charge in [-0.3, -0.25) is 9.59 Å². The molecule has 2 unspecified atom stereocenters. The van der Waals surface area contributed by atoms with E-state index in [1.807, 2.05) is 0 Å². The van der Waals surface area contributed by atoms with Crippen molar-refractivity contribution in [2.24, 2.45) is 5.92 Å². The summed E-state index contributed by atoms with van der Waals surface area (Å²) < 4.78 is 50.6. The first-order chi connectivity index (χ1) is 17.7. The van der Waals surface area contributed by atoms with E-state index in [0.29, 0.717) is 12.0 Å². The van der Waals surface area contributed by atoms with Crippen LogP contribution in [0.1, 0.15) is 27.9 Å². The Morgan fingerprint density at radius 2 is 1.81 bits per heavy atom. The van der Waals surface area contributed by atoms with Gasteiger partial charge in [0.2, 0.25) is 5.91 Å². The number of hydrogen-bond donors (Lipinski definition) is 2. The van der Waals surface area contributed by atoms with Gasteiger partial charge in [0.25, 0.3) is 5.91 Å². The molecule has 0 aliphatic heterocycles. The van der Waals surface area contributed by atoms with Gasteiger partial charge in [-0.2, -0.15) is 13.2 Å². The number of benzene rings is 2. The fourth-order valence-corrected chi connectivity index (χ4v) is 3.81. The van der Waals surface area contributed by atoms with Gasteiger partial charge in [-0.1, -0.05) is 18.2 Å². The second kappa shape index (κ2) is 10.3. The van der Waals surface area contributed by atoms with Crippen molar-refractivity contribution in [1.29, 1.82) is 0 Å². The maximum Gasteiger partial charge on any atom is 0.420 e. The molecule has 1 aromatic heterocycles. The normalized spacial score (nSPS) is 18.4. The summed E-state index contributed by atoms with van der Waals surface area (Å²) in [5.41, 5.74) is -1.18. The fourth-order valence-electron chi connectivity index (χ4n) is 3.81. The molecule has 2 aromatic carbocycles. The summed E-state index contributed by atoms with van der Waals surface area (Å²) in [7, 11) is 1.28. The van der Waals surface area contributed by atoms with E-state index in [-0.39, 0.29) is 41.2 Å². The van der Waals surface area contributed by atoms with Crippen molar-refractivity contribution < 1.29 is 32.2 Å². The van der Waals surface area contributed by atoms with Crippen molar-refractivity contribution in [1.82, 2.24) is 20.6 Å². The van der Waals surface area contributed by atoms with Gasteiger partial charge < -0.3 is 20.1 Å². The summed E-state index contributed by atoms with van der Waals surface area (Å²) >= 11 is 0. The van der Waals surface area contributed by atoms with Crippen LogP contribution in [0.25, 0.3) is 0 Å². The van der Waals surface area contributed by atoms with Crippen molar-refractivity contribution in [2.75, 3.05) is 7.11 Å². The smallest absolute Gasteiger partial charge is 0.420 e. The van der Waals surface area contributed by atoms with E-state index < -0.39 is 23.2 Å². The molecule has 2 N–H and O–H groups in total.